The molecule has 1 heterocycles. The van der Waals surface area contributed by atoms with Crippen LogP contribution in [0, 0.1) is 6.92 Å². The summed E-state index contributed by atoms with van der Waals surface area (Å²) < 4.78 is 5.17. The molecule has 0 unspecified atom stereocenters. The Morgan fingerprint density at radius 1 is 1.00 bits per heavy atom. The van der Waals surface area contributed by atoms with Gasteiger partial charge in [0.2, 0.25) is 5.88 Å². The molecule has 0 fully saturated rings. The van der Waals surface area contributed by atoms with Crippen LogP contribution in [-0.4, -0.2) is 49.8 Å². The Balaban J connectivity index is 3.39. The van der Waals surface area contributed by atoms with Gasteiger partial charge in [0.15, 0.2) is 0 Å². The lowest BCUT2D eigenvalue weighted by Crippen LogP contribution is -2.28. The summed E-state index contributed by atoms with van der Waals surface area (Å²) in [4.78, 5) is 26.6. The fourth-order valence-electron chi connectivity index (χ4n) is 1.48. The molecule has 6 nitrogen and oxygen atoms in total. The molecule has 0 atom stereocenters. The minimum Gasteiger partial charge on any atom is -0.445 e. The van der Waals surface area contributed by atoms with Gasteiger partial charge in [-0.25, -0.2) is 0 Å². The summed E-state index contributed by atoms with van der Waals surface area (Å²) >= 11 is 0. The van der Waals surface area contributed by atoms with Gasteiger partial charge in [0.05, 0.1) is 5.56 Å². The summed E-state index contributed by atoms with van der Waals surface area (Å²) in [7, 11) is 6.39. The van der Waals surface area contributed by atoms with Gasteiger partial charge in [0.25, 0.3) is 11.8 Å². The van der Waals surface area contributed by atoms with E-state index >= 15 is 0 Å². The van der Waals surface area contributed by atoms with Crippen LogP contribution in [-0.2, 0) is 0 Å². The number of nitrogen functional groups attached to an aromatic ring is 1. The predicted octanol–water partition coefficient (Wildman–Crippen LogP) is 0.574. The second-order valence-corrected chi connectivity index (χ2v) is 4.17. The highest BCUT2D eigenvalue weighted by atomic mass is 16.4. The van der Waals surface area contributed by atoms with Gasteiger partial charge in [-0.3, -0.25) is 9.59 Å². The second kappa shape index (κ2) is 4.48. The molecule has 94 valence electrons. The molecule has 6 heteroatoms. The van der Waals surface area contributed by atoms with Gasteiger partial charge in [-0.2, -0.15) is 0 Å². The zero-order valence-electron chi connectivity index (χ0n) is 10.7. The van der Waals surface area contributed by atoms with Crippen LogP contribution in [0.15, 0.2) is 4.42 Å². The molecule has 1 aromatic heterocycles. The first-order chi connectivity index (χ1) is 7.77. The standard InChI is InChI=1S/C11H17N3O3/c1-6-7(10(15)13(2)3)8(9(12)17-6)11(16)14(4)5/h12H2,1-5H3. The summed E-state index contributed by atoms with van der Waals surface area (Å²) in [5.41, 5.74) is 5.99. The molecule has 1 rings (SSSR count). The van der Waals surface area contributed by atoms with E-state index in [2.05, 4.69) is 0 Å². The Morgan fingerprint density at radius 2 is 1.41 bits per heavy atom. The maximum absolute atomic E-state index is 12.0. The minimum absolute atomic E-state index is 0.0219. The molecule has 0 spiro atoms. The molecule has 0 aliphatic heterocycles. The third-order valence-corrected chi connectivity index (χ3v) is 2.35. The minimum atomic E-state index is -0.343. The highest BCUT2D eigenvalue weighted by Gasteiger charge is 2.28. The van der Waals surface area contributed by atoms with Crippen molar-refractivity contribution in [3.63, 3.8) is 0 Å². The molecule has 0 radical (unpaired) electrons. The first-order valence-corrected chi connectivity index (χ1v) is 5.09. The Labute approximate surface area is 100.0 Å². The molecule has 2 N–H and O–H groups in total. The fourth-order valence-corrected chi connectivity index (χ4v) is 1.48. The summed E-state index contributed by atoms with van der Waals surface area (Å²) in [5, 5.41) is 0. The van der Waals surface area contributed by atoms with Crippen LogP contribution in [0.1, 0.15) is 26.5 Å². The number of hydrogen-bond acceptors (Lipinski definition) is 4. The summed E-state index contributed by atoms with van der Waals surface area (Å²) in [6, 6.07) is 0. The van der Waals surface area contributed by atoms with Crippen molar-refractivity contribution in [3.05, 3.63) is 16.9 Å². The molecule has 17 heavy (non-hydrogen) atoms. The van der Waals surface area contributed by atoms with Crippen LogP contribution in [0.4, 0.5) is 5.88 Å². The number of nitrogens with zero attached hydrogens (tertiary/aromatic N) is 2. The average Bonchev–Trinajstić information content (AvgIpc) is 2.50. The van der Waals surface area contributed by atoms with Crippen molar-refractivity contribution in [1.29, 1.82) is 0 Å². The van der Waals surface area contributed by atoms with Crippen molar-refractivity contribution in [3.8, 4) is 0 Å². The van der Waals surface area contributed by atoms with Gasteiger partial charge in [-0.05, 0) is 6.92 Å². The van der Waals surface area contributed by atoms with Crippen LogP contribution >= 0.6 is 0 Å². The maximum Gasteiger partial charge on any atom is 0.259 e. The van der Waals surface area contributed by atoms with Crippen LogP contribution in [0.2, 0.25) is 0 Å². The normalized spacial score (nSPS) is 10.2. The first-order valence-electron chi connectivity index (χ1n) is 5.09. The number of anilines is 1. The van der Waals surface area contributed by atoms with Crippen LogP contribution in [0.25, 0.3) is 0 Å². The van der Waals surface area contributed by atoms with E-state index in [-0.39, 0.29) is 28.8 Å². The van der Waals surface area contributed by atoms with Crippen LogP contribution in [0.5, 0.6) is 0 Å². The van der Waals surface area contributed by atoms with E-state index < -0.39 is 0 Å². The van der Waals surface area contributed by atoms with Gasteiger partial charge in [0.1, 0.15) is 11.3 Å². The van der Waals surface area contributed by atoms with E-state index in [1.165, 1.54) is 9.80 Å². The molecule has 0 aliphatic rings. The lowest BCUT2D eigenvalue weighted by atomic mass is 10.1. The van der Waals surface area contributed by atoms with E-state index in [0.717, 1.165) is 0 Å². The number of amides is 2. The van der Waals surface area contributed by atoms with Crippen molar-refractivity contribution in [2.75, 3.05) is 33.9 Å². The van der Waals surface area contributed by atoms with Gasteiger partial charge in [0, 0.05) is 28.2 Å². The van der Waals surface area contributed by atoms with Gasteiger partial charge >= 0.3 is 0 Å². The smallest absolute Gasteiger partial charge is 0.259 e. The third kappa shape index (κ3) is 2.25. The SMILES string of the molecule is Cc1oc(N)c(C(=O)N(C)C)c1C(=O)N(C)C. The van der Waals surface area contributed by atoms with E-state index in [0.29, 0.717) is 5.76 Å². The number of carbonyl (C=O) groups is 2. The third-order valence-electron chi connectivity index (χ3n) is 2.35. The highest BCUT2D eigenvalue weighted by molar-refractivity contribution is 6.10. The molecule has 0 saturated heterocycles. The van der Waals surface area contributed by atoms with Crippen molar-refractivity contribution in [1.82, 2.24) is 9.80 Å². The molecule has 0 bridgehead atoms. The molecule has 1 aromatic rings. The maximum atomic E-state index is 12.0. The van der Waals surface area contributed by atoms with Gasteiger partial charge < -0.3 is 20.0 Å². The zero-order valence-corrected chi connectivity index (χ0v) is 10.7. The average molecular weight is 239 g/mol. The topological polar surface area (TPSA) is 79.8 Å². The molecule has 0 aromatic carbocycles. The Bertz CT molecular complexity index is 420. The number of rotatable bonds is 2. The molecular formula is C11H17N3O3. The van der Waals surface area contributed by atoms with Crippen molar-refractivity contribution < 1.29 is 14.0 Å². The Morgan fingerprint density at radius 3 is 1.82 bits per heavy atom. The Hall–Kier alpha value is -1.98. The quantitative estimate of drug-likeness (QED) is 0.818. The van der Waals surface area contributed by atoms with Crippen LogP contribution in [0.3, 0.4) is 0 Å². The molecule has 0 aliphatic carbocycles. The van der Waals surface area contributed by atoms with Crippen molar-refractivity contribution >= 4 is 17.7 Å². The number of carbonyl (C=O) groups excluding carboxylic acids is 2. The van der Waals surface area contributed by atoms with Gasteiger partial charge in [-0.1, -0.05) is 0 Å². The van der Waals surface area contributed by atoms with E-state index in [4.69, 9.17) is 10.2 Å². The number of hydrogen-bond donors (Lipinski definition) is 1. The van der Waals surface area contributed by atoms with E-state index in [1.807, 2.05) is 0 Å². The molecule has 0 saturated carbocycles. The predicted molar refractivity (Wildman–Crippen MR) is 63.9 cm³/mol. The van der Waals surface area contributed by atoms with E-state index in [9.17, 15) is 9.59 Å². The molecular weight excluding hydrogens is 222 g/mol. The first kappa shape index (κ1) is 13.1. The second-order valence-electron chi connectivity index (χ2n) is 4.17. The fraction of sp³-hybridized carbons (Fsp3) is 0.455. The zero-order chi connectivity index (χ0) is 13.3. The summed E-state index contributed by atoms with van der Waals surface area (Å²) in [5.74, 6) is -0.310. The number of furan rings is 1. The van der Waals surface area contributed by atoms with Crippen molar-refractivity contribution in [2.45, 2.75) is 6.92 Å². The largest absolute Gasteiger partial charge is 0.445 e. The number of aryl methyl sites for hydroxylation is 1. The highest BCUT2D eigenvalue weighted by Crippen LogP contribution is 2.26. The summed E-state index contributed by atoms with van der Waals surface area (Å²) in [6.45, 7) is 1.61. The summed E-state index contributed by atoms with van der Waals surface area (Å²) in [6.07, 6.45) is 0. The lowest BCUT2D eigenvalue weighted by Gasteiger charge is -2.13. The monoisotopic (exact) mass is 239 g/mol. The van der Waals surface area contributed by atoms with Gasteiger partial charge in [-0.15, -0.1) is 0 Å². The number of nitrogens with two attached hydrogens (primary N) is 1. The molecule has 2 amide bonds. The lowest BCUT2D eigenvalue weighted by molar-refractivity contribution is 0.0791. The van der Waals surface area contributed by atoms with E-state index in [1.54, 1.807) is 35.1 Å². The van der Waals surface area contributed by atoms with Crippen molar-refractivity contribution in [2.24, 2.45) is 0 Å². The Kier molecular flexibility index (Phi) is 3.45. The van der Waals surface area contributed by atoms with Crippen LogP contribution < -0.4 is 5.73 Å².